The Morgan fingerprint density at radius 1 is 1.06 bits per heavy atom. The summed E-state index contributed by atoms with van der Waals surface area (Å²) < 4.78 is 5.67. The number of carbonyl (C=O) groups excluding carboxylic acids is 2. The van der Waals surface area contributed by atoms with Crippen molar-refractivity contribution >= 4 is 17.4 Å². The normalized spacial score (nSPS) is 18.4. The minimum atomic E-state index is -0.667. The van der Waals surface area contributed by atoms with Gasteiger partial charge in [-0.2, -0.15) is 0 Å². The van der Waals surface area contributed by atoms with Crippen LogP contribution >= 0.6 is 0 Å². The fraction of sp³-hybridized carbons (Fsp3) is 0.429. The molecule has 2 aromatic rings. The van der Waals surface area contributed by atoms with Gasteiger partial charge >= 0.3 is 0 Å². The van der Waals surface area contributed by atoms with Crippen molar-refractivity contribution in [3.05, 3.63) is 75.9 Å². The Kier molecular flexibility index (Phi) is 7.13. The van der Waals surface area contributed by atoms with Crippen LogP contribution in [0.5, 0.6) is 0 Å². The molecule has 1 fully saturated rings. The van der Waals surface area contributed by atoms with Crippen molar-refractivity contribution in [1.82, 2.24) is 4.90 Å². The van der Waals surface area contributed by atoms with Crippen molar-refractivity contribution in [1.29, 1.82) is 0 Å². The van der Waals surface area contributed by atoms with Crippen LogP contribution in [0.3, 0.4) is 0 Å². The van der Waals surface area contributed by atoms with Gasteiger partial charge in [0.15, 0.2) is 0 Å². The molecule has 1 amide bonds. The maximum Gasteiger partial charge on any atom is 0.295 e. The van der Waals surface area contributed by atoms with Crippen LogP contribution in [0, 0.1) is 13.8 Å². The van der Waals surface area contributed by atoms with Gasteiger partial charge in [-0.1, -0.05) is 57.2 Å². The fourth-order valence-corrected chi connectivity index (χ4v) is 4.20. The molecule has 0 bridgehead atoms. The minimum absolute atomic E-state index is 0.0153. The van der Waals surface area contributed by atoms with Gasteiger partial charge in [-0.05, 0) is 61.4 Å². The number of ether oxygens (including phenoxy) is 1. The van der Waals surface area contributed by atoms with E-state index in [4.69, 9.17) is 4.74 Å². The number of hydrogen-bond donors (Lipinski definition) is 1. The van der Waals surface area contributed by atoms with Crippen molar-refractivity contribution < 1.29 is 19.4 Å². The Hall–Kier alpha value is -2.92. The van der Waals surface area contributed by atoms with E-state index < -0.39 is 17.7 Å². The zero-order valence-corrected chi connectivity index (χ0v) is 20.7. The van der Waals surface area contributed by atoms with Crippen LogP contribution in [0.1, 0.15) is 68.5 Å². The molecule has 176 valence electrons. The van der Waals surface area contributed by atoms with E-state index in [1.54, 1.807) is 0 Å². The van der Waals surface area contributed by atoms with Gasteiger partial charge in [-0.15, -0.1) is 0 Å². The smallest absolute Gasteiger partial charge is 0.295 e. The molecule has 33 heavy (non-hydrogen) atoms. The summed E-state index contributed by atoms with van der Waals surface area (Å²) in [6.07, 6.45) is 0.0153. The van der Waals surface area contributed by atoms with Gasteiger partial charge in [-0.3, -0.25) is 9.59 Å². The van der Waals surface area contributed by atoms with E-state index >= 15 is 0 Å². The zero-order valence-electron chi connectivity index (χ0n) is 20.7. The summed E-state index contributed by atoms with van der Waals surface area (Å²) in [6.45, 7) is 14.6. The Morgan fingerprint density at radius 2 is 1.73 bits per heavy atom. The molecule has 3 rings (SSSR count). The summed E-state index contributed by atoms with van der Waals surface area (Å²) >= 11 is 0. The van der Waals surface area contributed by atoms with Crippen molar-refractivity contribution in [2.24, 2.45) is 0 Å². The van der Waals surface area contributed by atoms with E-state index in [-0.39, 0.29) is 29.4 Å². The van der Waals surface area contributed by atoms with Crippen LogP contribution in [0.4, 0.5) is 0 Å². The van der Waals surface area contributed by atoms with Crippen LogP contribution in [0.2, 0.25) is 0 Å². The lowest BCUT2D eigenvalue weighted by atomic mass is 9.84. The number of aliphatic hydroxyl groups excluding tert-OH is 1. The Labute approximate surface area is 197 Å². The summed E-state index contributed by atoms with van der Waals surface area (Å²) in [5.41, 5.74) is 4.25. The first-order valence-corrected chi connectivity index (χ1v) is 11.5. The predicted octanol–water partition coefficient (Wildman–Crippen LogP) is 5.45. The molecule has 1 unspecified atom stereocenters. The van der Waals surface area contributed by atoms with E-state index in [0.717, 1.165) is 22.3 Å². The van der Waals surface area contributed by atoms with E-state index in [0.29, 0.717) is 12.2 Å². The molecule has 1 saturated heterocycles. The highest BCUT2D eigenvalue weighted by Crippen LogP contribution is 2.41. The quantitative estimate of drug-likeness (QED) is 0.362. The third kappa shape index (κ3) is 5.03. The van der Waals surface area contributed by atoms with Crippen molar-refractivity contribution in [2.75, 3.05) is 13.2 Å². The largest absolute Gasteiger partial charge is 0.507 e. The number of hydrogen-bond acceptors (Lipinski definition) is 4. The molecule has 1 N–H and O–H groups in total. The SMILES string of the molecule is Cc1ccc(C(C)(C)C)cc1/C(O)=C1\C(=O)C(=O)N(CCOC(C)C)C1c1ccccc1C. The highest BCUT2D eigenvalue weighted by Gasteiger charge is 2.46. The molecule has 0 aliphatic carbocycles. The molecular weight excluding hydrogens is 414 g/mol. The second kappa shape index (κ2) is 9.52. The zero-order chi connectivity index (χ0) is 24.5. The average Bonchev–Trinajstić information content (AvgIpc) is 2.98. The molecular formula is C28H35NO4. The number of nitrogens with zero attached hydrogens (tertiary/aromatic N) is 1. The molecule has 0 radical (unpaired) electrons. The second-order valence-electron chi connectivity index (χ2n) is 10.0. The first kappa shape index (κ1) is 24.7. The minimum Gasteiger partial charge on any atom is -0.507 e. The maximum atomic E-state index is 13.3. The summed E-state index contributed by atoms with van der Waals surface area (Å²) in [4.78, 5) is 27.9. The number of ketones is 1. The summed E-state index contributed by atoms with van der Waals surface area (Å²) in [5, 5.41) is 11.5. The Balaban J connectivity index is 2.19. The fourth-order valence-electron chi connectivity index (χ4n) is 4.20. The molecule has 5 nitrogen and oxygen atoms in total. The van der Waals surface area contributed by atoms with Crippen LogP contribution in [0.15, 0.2) is 48.0 Å². The number of amides is 1. The highest BCUT2D eigenvalue weighted by molar-refractivity contribution is 6.46. The van der Waals surface area contributed by atoms with Gasteiger partial charge in [0.2, 0.25) is 0 Å². The lowest BCUT2D eigenvalue weighted by molar-refractivity contribution is -0.140. The van der Waals surface area contributed by atoms with Gasteiger partial charge in [-0.25, -0.2) is 0 Å². The molecule has 1 aliphatic heterocycles. The van der Waals surface area contributed by atoms with Gasteiger partial charge in [0.05, 0.1) is 24.3 Å². The first-order chi connectivity index (χ1) is 15.4. The molecule has 0 saturated carbocycles. The van der Waals surface area contributed by atoms with Crippen molar-refractivity contribution in [2.45, 2.75) is 66.0 Å². The molecule has 5 heteroatoms. The molecule has 0 spiro atoms. The van der Waals surface area contributed by atoms with Crippen molar-refractivity contribution in [3.8, 4) is 0 Å². The average molecular weight is 450 g/mol. The molecule has 0 aromatic heterocycles. The third-order valence-electron chi connectivity index (χ3n) is 6.17. The second-order valence-corrected chi connectivity index (χ2v) is 10.0. The number of carbonyl (C=O) groups is 2. The lowest BCUT2D eigenvalue weighted by Gasteiger charge is -2.27. The number of likely N-dealkylation sites (tertiary alicyclic amines) is 1. The van der Waals surface area contributed by atoms with E-state index in [2.05, 4.69) is 20.8 Å². The van der Waals surface area contributed by atoms with Gasteiger partial charge in [0.1, 0.15) is 5.76 Å². The van der Waals surface area contributed by atoms with Crippen LogP contribution in [0.25, 0.3) is 5.76 Å². The lowest BCUT2D eigenvalue weighted by Crippen LogP contribution is -2.33. The highest BCUT2D eigenvalue weighted by atomic mass is 16.5. The number of aryl methyl sites for hydroxylation is 2. The molecule has 1 heterocycles. The molecule has 1 aliphatic rings. The molecule has 1 atom stereocenters. The predicted molar refractivity (Wildman–Crippen MR) is 131 cm³/mol. The number of benzene rings is 2. The van der Waals surface area contributed by atoms with Gasteiger partial charge in [0, 0.05) is 12.1 Å². The van der Waals surface area contributed by atoms with E-state index in [9.17, 15) is 14.7 Å². The van der Waals surface area contributed by atoms with E-state index in [1.165, 1.54) is 4.90 Å². The van der Waals surface area contributed by atoms with Crippen LogP contribution < -0.4 is 0 Å². The third-order valence-corrected chi connectivity index (χ3v) is 6.17. The topological polar surface area (TPSA) is 66.8 Å². The summed E-state index contributed by atoms with van der Waals surface area (Å²) in [7, 11) is 0. The van der Waals surface area contributed by atoms with Crippen LogP contribution in [-0.2, 0) is 19.7 Å². The Morgan fingerprint density at radius 3 is 2.33 bits per heavy atom. The molecule has 2 aromatic carbocycles. The van der Waals surface area contributed by atoms with Crippen LogP contribution in [-0.4, -0.2) is 41.0 Å². The maximum absolute atomic E-state index is 13.3. The Bertz CT molecular complexity index is 1090. The number of aliphatic hydroxyl groups is 1. The van der Waals surface area contributed by atoms with Crippen molar-refractivity contribution in [3.63, 3.8) is 0 Å². The first-order valence-electron chi connectivity index (χ1n) is 11.5. The summed E-state index contributed by atoms with van der Waals surface area (Å²) in [5.74, 6) is -1.40. The standard InChI is InChI=1S/C28H35NO4/c1-17(2)33-15-14-29-24(21-11-9-8-10-18(21)3)23(26(31)27(29)32)25(30)22-16-20(28(5,6)7)13-12-19(22)4/h8-13,16-17,24,30H,14-15H2,1-7H3/b25-23+. The summed E-state index contributed by atoms with van der Waals surface area (Å²) in [6, 6.07) is 12.9. The number of rotatable bonds is 6. The van der Waals surface area contributed by atoms with E-state index in [1.807, 2.05) is 70.2 Å². The van der Waals surface area contributed by atoms with Gasteiger partial charge < -0.3 is 14.7 Å². The monoisotopic (exact) mass is 449 g/mol. The number of Topliss-reactive ketones (excluding diaryl/α,β-unsaturated/α-hetero) is 1. The van der Waals surface area contributed by atoms with Gasteiger partial charge in [0.25, 0.3) is 11.7 Å².